The molecule has 0 saturated heterocycles. The summed E-state index contributed by atoms with van der Waals surface area (Å²) in [7, 11) is 1.76. The number of ether oxygens (including phenoxy) is 1. The number of hydrogen-bond donors (Lipinski definition) is 1. The number of para-hydroxylation sites is 1. The molecule has 0 spiro atoms. The maximum atomic E-state index is 5.66. The van der Waals surface area contributed by atoms with Crippen LogP contribution >= 0.6 is 0 Å². The number of aromatic nitrogens is 1. The highest BCUT2D eigenvalue weighted by molar-refractivity contribution is 5.96. The van der Waals surface area contributed by atoms with Crippen LogP contribution in [0.5, 0.6) is 5.75 Å². The van der Waals surface area contributed by atoms with E-state index in [1.165, 1.54) is 38.9 Å². The summed E-state index contributed by atoms with van der Waals surface area (Å²) in [5.74, 6) is 1.40. The Labute approximate surface area is 118 Å². The molecule has 4 rings (SSSR count). The smallest absolute Gasteiger partial charge is 0.126 e. The van der Waals surface area contributed by atoms with E-state index in [1.807, 2.05) is 0 Å². The van der Waals surface area contributed by atoms with Gasteiger partial charge in [-0.15, -0.1) is 0 Å². The van der Waals surface area contributed by atoms with Crippen molar-refractivity contribution in [2.24, 2.45) is 0 Å². The van der Waals surface area contributed by atoms with Crippen LogP contribution in [0.25, 0.3) is 22.2 Å². The summed E-state index contributed by atoms with van der Waals surface area (Å²) in [6.07, 6.45) is 0. The average Bonchev–Trinajstić information content (AvgIpc) is 2.96. The zero-order chi connectivity index (χ0) is 13.9. The molecule has 1 N–H and O–H groups in total. The standard InChI is InChI=1S/C18H17NO/c1-10-8-9-13-16(18(10)20-3)11(2)15-12-6-4-5-7-14(12)19-17(13)15/h4-9,11,19H,1-3H3. The summed E-state index contributed by atoms with van der Waals surface area (Å²) >= 11 is 0. The highest BCUT2D eigenvalue weighted by Gasteiger charge is 2.32. The van der Waals surface area contributed by atoms with Crippen LogP contribution in [-0.4, -0.2) is 12.1 Å². The molecule has 0 bridgehead atoms. The van der Waals surface area contributed by atoms with Crippen molar-refractivity contribution < 1.29 is 4.74 Å². The first kappa shape index (κ1) is 11.6. The molecule has 1 aliphatic rings. The van der Waals surface area contributed by atoms with Crippen molar-refractivity contribution in [3.05, 3.63) is 53.1 Å². The minimum Gasteiger partial charge on any atom is -0.496 e. The van der Waals surface area contributed by atoms with E-state index < -0.39 is 0 Å². The van der Waals surface area contributed by atoms with Gasteiger partial charge in [-0.2, -0.15) is 0 Å². The molecule has 1 atom stereocenters. The van der Waals surface area contributed by atoms with E-state index in [1.54, 1.807) is 7.11 Å². The van der Waals surface area contributed by atoms with Crippen molar-refractivity contribution >= 4 is 10.9 Å². The molecule has 0 fully saturated rings. The van der Waals surface area contributed by atoms with E-state index in [0.717, 1.165) is 5.75 Å². The van der Waals surface area contributed by atoms with Gasteiger partial charge < -0.3 is 9.72 Å². The van der Waals surface area contributed by atoms with Gasteiger partial charge in [0.2, 0.25) is 0 Å². The molecular weight excluding hydrogens is 246 g/mol. The van der Waals surface area contributed by atoms with Crippen LogP contribution in [-0.2, 0) is 0 Å². The molecule has 2 nitrogen and oxygen atoms in total. The maximum absolute atomic E-state index is 5.66. The fraction of sp³-hybridized carbons (Fsp3) is 0.222. The largest absolute Gasteiger partial charge is 0.496 e. The quantitative estimate of drug-likeness (QED) is 0.681. The molecule has 100 valence electrons. The van der Waals surface area contributed by atoms with Crippen molar-refractivity contribution in [1.82, 2.24) is 4.98 Å². The third-order valence-electron chi connectivity index (χ3n) is 4.48. The van der Waals surface area contributed by atoms with E-state index >= 15 is 0 Å². The highest BCUT2D eigenvalue weighted by Crippen LogP contribution is 2.51. The molecule has 1 unspecified atom stereocenters. The molecule has 2 aromatic carbocycles. The highest BCUT2D eigenvalue weighted by atomic mass is 16.5. The second-order valence-electron chi connectivity index (χ2n) is 5.56. The Bertz CT molecular complexity index is 829. The monoisotopic (exact) mass is 263 g/mol. The summed E-state index contributed by atoms with van der Waals surface area (Å²) in [6, 6.07) is 12.9. The first-order valence-electron chi connectivity index (χ1n) is 7.01. The predicted molar refractivity (Wildman–Crippen MR) is 82.5 cm³/mol. The van der Waals surface area contributed by atoms with E-state index in [9.17, 15) is 0 Å². The first-order valence-corrected chi connectivity index (χ1v) is 7.01. The van der Waals surface area contributed by atoms with Gasteiger partial charge in [0.05, 0.1) is 12.8 Å². The lowest BCUT2D eigenvalue weighted by atomic mass is 9.95. The van der Waals surface area contributed by atoms with Crippen LogP contribution in [0.4, 0.5) is 0 Å². The number of fused-ring (bicyclic) bond motifs is 5. The Balaban J connectivity index is 2.10. The predicted octanol–water partition coefficient (Wildman–Crippen LogP) is 4.62. The Hall–Kier alpha value is -2.22. The molecule has 1 aliphatic carbocycles. The summed E-state index contributed by atoms with van der Waals surface area (Å²) in [5, 5.41) is 1.32. The van der Waals surface area contributed by atoms with Gasteiger partial charge in [-0.25, -0.2) is 0 Å². The Morgan fingerprint density at radius 1 is 1.05 bits per heavy atom. The number of rotatable bonds is 1. The van der Waals surface area contributed by atoms with Gasteiger partial charge in [0.15, 0.2) is 0 Å². The third kappa shape index (κ3) is 1.29. The minimum absolute atomic E-state index is 0.367. The number of H-pyrrole nitrogens is 1. The molecule has 2 heteroatoms. The lowest BCUT2D eigenvalue weighted by molar-refractivity contribution is 0.406. The van der Waals surface area contributed by atoms with E-state index in [-0.39, 0.29) is 0 Å². The van der Waals surface area contributed by atoms with Gasteiger partial charge in [0.1, 0.15) is 5.75 Å². The number of aromatic amines is 1. The topological polar surface area (TPSA) is 25.0 Å². The van der Waals surface area contributed by atoms with Gasteiger partial charge in [-0.3, -0.25) is 0 Å². The molecule has 0 aliphatic heterocycles. The van der Waals surface area contributed by atoms with Gasteiger partial charge in [-0.05, 0) is 24.1 Å². The fourth-order valence-electron chi connectivity index (χ4n) is 3.60. The molecule has 0 saturated carbocycles. The SMILES string of the molecule is COc1c(C)ccc2c1C(C)c1c-2[nH]c2ccccc12. The van der Waals surface area contributed by atoms with Crippen molar-refractivity contribution in [1.29, 1.82) is 0 Å². The summed E-state index contributed by atoms with van der Waals surface area (Å²) in [6.45, 7) is 4.38. The van der Waals surface area contributed by atoms with Crippen LogP contribution in [0.15, 0.2) is 36.4 Å². The molecule has 20 heavy (non-hydrogen) atoms. The van der Waals surface area contributed by atoms with Gasteiger partial charge in [0.25, 0.3) is 0 Å². The molecule has 0 amide bonds. The molecule has 3 aromatic rings. The summed E-state index contributed by atoms with van der Waals surface area (Å²) < 4.78 is 5.66. The van der Waals surface area contributed by atoms with Crippen LogP contribution in [0.2, 0.25) is 0 Å². The van der Waals surface area contributed by atoms with Crippen LogP contribution < -0.4 is 4.74 Å². The van der Waals surface area contributed by atoms with E-state index in [4.69, 9.17) is 4.74 Å². The van der Waals surface area contributed by atoms with Crippen LogP contribution in [0.3, 0.4) is 0 Å². The molecular formula is C18H17NO. The zero-order valence-electron chi connectivity index (χ0n) is 11.9. The Morgan fingerprint density at radius 3 is 2.65 bits per heavy atom. The van der Waals surface area contributed by atoms with E-state index in [0.29, 0.717) is 5.92 Å². The number of nitrogens with one attached hydrogen (secondary N) is 1. The second-order valence-corrected chi connectivity index (χ2v) is 5.56. The summed E-state index contributed by atoms with van der Waals surface area (Å²) in [4.78, 5) is 3.58. The number of benzene rings is 2. The van der Waals surface area contributed by atoms with Crippen molar-refractivity contribution in [2.75, 3.05) is 7.11 Å². The van der Waals surface area contributed by atoms with Crippen LogP contribution in [0.1, 0.15) is 29.5 Å². The second kappa shape index (κ2) is 3.89. The lowest BCUT2D eigenvalue weighted by Gasteiger charge is -2.14. The van der Waals surface area contributed by atoms with Gasteiger partial charge in [-0.1, -0.05) is 37.3 Å². The van der Waals surface area contributed by atoms with E-state index in [2.05, 4.69) is 55.2 Å². The zero-order valence-corrected chi connectivity index (χ0v) is 11.9. The first-order chi connectivity index (χ1) is 9.72. The maximum Gasteiger partial charge on any atom is 0.126 e. The minimum atomic E-state index is 0.367. The van der Waals surface area contributed by atoms with Crippen LogP contribution in [0, 0.1) is 6.92 Å². The number of aryl methyl sites for hydroxylation is 1. The Morgan fingerprint density at radius 2 is 1.85 bits per heavy atom. The third-order valence-corrected chi connectivity index (χ3v) is 4.48. The van der Waals surface area contributed by atoms with Gasteiger partial charge in [0, 0.05) is 27.9 Å². The molecule has 1 heterocycles. The summed E-state index contributed by atoms with van der Waals surface area (Å²) in [5.41, 5.74) is 7.68. The van der Waals surface area contributed by atoms with Crippen molar-refractivity contribution in [3.8, 4) is 17.0 Å². The number of hydrogen-bond acceptors (Lipinski definition) is 1. The normalized spacial score (nSPS) is 16.2. The van der Waals surface area contributed by atoms with Gasteiger partial charge >= 0.3 is 0 Å². The lowest BCUT2D eigenvalue weighted by Crippen LogP contribution is -1.97. The molecule has 0 radical (unpaired) electrons. The fourth-order valence-corrected chi connectivity index (χ4v) is 3.60. The Kier molecular flexibility index (Phi) is 2.25. The number of methoxy groups -OCH3 is 1. The molecule has 1 aromatic heterocycles. The van der Waals surface area contributed by atoms with Crippen molar-refractivity contribution in [2.45, 2.75) is 19.8 Å². The average molecular weight is 263 g/mol. The van der Waals surface area contributed by atoms with Crippen molar-refractivity contribution in [3.63, 3.8) is 0 Å².